The summed E-state index contributed by atoms with van der Waals surface area (Å²) in [7, 11) is -1.68. The largest absolute Gasteiger partial charge is 0.316 e. The third-order valence-corrected chi connectivity index (χ3v) is 6.19. The van der Waals surface area contributed by atoms with Gasteiger partial charge in [0.15, 0.2) is 0 Å². The van der Waals surface area contributed by atoms with Gasteiger partial charge in [0.2, 0.25) is 10.0 Å². The van der Waals surface area contributed by atoms with Gasteiger partial charge in [0.05, 0.1) is 4.90 Å². The molecule has 0 bridgehead atoms. The Morgan fingerprint density at radius 1 is 1.33 bits per heavy atom. The quantitative estimate of drug-likeness (QED) is 0.808. The lowest BCUT2D eigenvalue weighted by molar-refractivity contribution is 0.357. The van der Waals surface area contributed by atoms with Crippen molar-refractivity contribution >= 4 is 21.6 Å². The third-order valence-electron chi connectivity index (χ3n) is 4.43. The van der Waals surface area contributed by atoms with Crippen molar-refractivity contribution in [1.82, 2.24) is 10.0 Å². The molecule has 4 nitrogen and oxygen atoms in total. The predicted octanol–water partition coefficient (Wildman–Crippen LogP) is 2.77. The number of hydrogen-bond acceptors (Lipinski definition) is 3. The molecule has 0 aliphatic heterocycles. The molecule has 0 radical (unpaired) electrons. The lowest BCUT2D eigenvalue weighted by Crippen LogP contribution is -2.32. The maximum Gasteiger partial charge on any atom is 0.240 e. The predicted molar refractivity (Wildman–Crippen MR) is 85.9 cm³/mol. The van der Waals surface area contributed by atoms with Crippen LogP contribution in [0.5, 0.6) is 0 Å². The van der Waals surface area contributed by atoms with Gasteiger partial charge in [-0.25, -0.2) is 13.1 Å². The first kappa shape index (κ1) is 16.7. The molecule has 0 atom stereocenters. The molecule has 0 unspecified atom stereocenters. The van der Waals surface area contributed by atoms with Gasteiger partial charge in [0.25, 0.3) is 0 Å². The zero-order chi connectivity index (χ0) is 15.7. The smallest absolute Gasteiger partial charge is 0.240 e. The Kier molecular flexibility index (Phi) is 4.98. The van der Waals surface area contributed by atoms with Gasteiger partial charge in [-0.1, -0.05) is 25.4 Å². The van der Waals surface area contributed by atoms with E-state index in [0.717, 1.165) is 18.4 Å². The summed E-state index contributed by atoms with van der Waals surface area (Å²) >= 11 is 6.07. The van der Waals surface area contributed by atoms with Crippen molar-refractivity contribution in [2.24, 2.45) is 11.3 Å². The number of sulfonamides is 1. The van der Waals surface area contributed by atoms with E-state index in [0.29, 0.717) is 24.0 Å². The van der Waals surface area contributed by atoms with E-state index in [2.05, 4.69) is 23.9 Å². The van der Waals surface area contributed by atoms with Gasteiger partial charge in [-0.2, -0.15) is 0 Å². The van der Waals surface area contributed by atoms with E-state index in [1.54, 1.807) is 25.2 Å². The maximum atomic E-state index is 12.4. The average molecular weight is 331 g/mol. The van der Waals surface area contributed by atoms with Crippen LogP contribution in [0.25, 0.3) is 0 Å². The normalized spacial score (nSPS) is 17.2. The Morgan fingerprint density at radius 3 is 2.52 bits per heavy atom. The maximum absolute atomic E-state index is 12.4. The van der Waals surface area contributed by atoms with E-state index < -0.39 is 10.0 Å². The third kappa shape index (κ3) is 3.77. The van der Waals surface area contributed by atoms with E-state index in [4.69, 9.17) is 11.6 Å². The molecule has 1 saturated carbocycles. The van der Waals surface area contributed by atoms with Gasteiger partial charge in [-0.3, -0.25) is 0 Å². The van der Waals surface area contributed by atoms with E-state index in [1.165, 1.54) is 0 Å². The second kappa shape index (κ2) is 6.24. The summed E-state index contributed by atoms with van der Waals surface area (Å²) in [6.45, 7) is 5.35. The molecule has 0 amide bonds. The van der Waals surface area contributed by atoms with E-state index in [-0.39, 0.29) is 10.3 Å². The number of rotatable bonds is 7. The summed E-state index contributed by atoms with van der Waals surface area (Å²) in [6.07, 6.45) is 2.19. The highest BCUT2D eigenvalue weighted by atomic mass is 35.5. The molecule has 1 aliphatic carbocycles. The molecular weight excluding hydrogens is 308 g/mol. The van der Waals surface area contributed by atoms with Crippen molar-refractivity contribution < 1.29 is 8.42 Å². The molecule has 2 rings (SSSR count). The van der Waals surface area contributed by atoms with Crippen LogP contribution in [0.2, 0.25) is 5.02 Å². The fourth-order valence-corrected chi connectivity index (χ4v) is 3.86. The van der Waals surface area contributed by atoms with Gasteiger partial charge in [0, 0.05) is 18.1 Å². The minimum absolute atomic E-state index is 0.146. The first-order valence-electron chi connectivity index (χ1n) is 7.23. The number of nitrogens with one attached hydrogen (secondary N) is 2. The molecular formula is C15H23ClN2O2S. The van der Waals surface area contributed by atoms with Gasteiger partial charge in [0.1, 0.15) is 0 Å². The minimum Gasteiger partial charge on any atom is -0.316 e. The van der Waals surface area contributed by atoms with Crippen molar-refractivity contribution in [2.75, 3.05) is 13.6 Å². The van der Waals surface area contributed by atoms with Gasteiger partial charge < -0.3 is 5.32 Å². The monoisotopic (exact) mass is 330 g/mol. The van der Waals surface area contributed by atoms with Crippen molar-refractivity contribution in [3.05, 3.63) is 28.8 Å². The van der Waals surface area contributed by atoms with Crippen LogP contribution in [0, 0.1) is 11.3 Å². The van der Waals surface area contributed by atoms with E-state index in [9.17, 15) is 8.42 Å². The van der Waals surface area contributed by atoms with Crippen LogP contribution in [0.1, 0.15) is 32.3 Å². The van der Waals surface area contributed by atoms with Crippen molar-refractivity contribution in [3.8, 4) is 0 Å². The highest BCUT2D eigenvalue weighted by Crippen LogP contribution is 2.51. The zero-order valence-corrected chi connectivity index (χ0v) is 14.3. The highest BCUT2D eigenvalue weighted by molar-refractivity contribution is 7.89. The summed E-state index contributed by atoms with van der Waals surface area (Å²) in [4.78, 5) is 0.275. The van der Waals surface area contributed by atoms with Crippen LogP contribution in [-0.2, 0) is 16.6 Å². The second-order valence-electron chi connectivity index (χ2n) is 6.13. The van der Waals surface area contributed by atoms with Crippen molar-refractivity contribution in [3.63, 3.8) is 0 Å². The fourth-order valence-electron chi connectivity index (χ4n) is 2.49. The molecule has 0 aromatic heterocycles. The molecule has 1 aromatic rings. The molecule has 1 aliphatic rings. The lowest BCUT2D eigenvalue weighted by atomic mass is 9.93. The van der Waals surface area contributed by atoms with Crippen LogP contribution >= 0.6 is 11.6 Å². The molecule has 21 heavy (non-hydrogen) atoms. The van der Waals surface area contributed by atoms with Gasteiger partial charge >= 0.3 is 0 Å². The molecule has 2 N–H and O–H groups in total. The first-order chi connectivity index (χ1) is 9.81. The average Bonchev–Trinajstić information content (AvgIpc) is 3.20. The zero-order valence-electron chi connectivity index (χ0n) is 12.7. The fraction of sp³-hybridized carbons (Fsp3) is 0.600. The van der Waals surface area contributed by atoms with Gasteiger partial charge in [-0.15, -0.1) is 0 Å². The topological polar surface area (TPSA) is 58.2 Å². The molecule has 1 aromatic carbocycles. The molecule has 0 heterocycles. The molecule has 0 spiro atoms. The number of benzene rings is 1. The number of hydrogen-bond donors (Lipinski definition) is 2. The van der Waals surface area contributed by atoms with Crippen LogP contribution in [0.3, 0.4) is 0 Å². The Labute approximate surface area is 132 Å². The lowest BCUT2D eigenvalue weighted by Gasteiger charge is -2.20. The summed E-state index contributed by atoms with van der Waals surface area (Å²) in [5.41, 5.74) is 0.930. The van der Waals surface area contributed by atoms with E-state index >= 15 is 0 Å². The minimum atomic E-state index is -3.48. The first-order valence-corrected chi connectivity index (χ1v) is 9.09. The summed E-state index contributed by atoms with van der Waals surface area (Å²) in [5.74, 6) is 0.491. The Hall–Kier alpha value is -0.620. The standard InChI is InChI=1S/C15H23ClN2O2S/c1-11(2)15(6-7-15)10-18-21(19,20)13-4-5-14(16)12(8-13)9-17-3/h4-5,8,11,17-18H,6-7,9-10H2,1-3H3. The molecule has 6 heteroatoms. The highest BCUT2D eigenvalue weighted by Gasteiger charge is 2.45. The molecule has 118 valence electrons. The van der Waals surface area contributed by atoms with E-state index in [1.807, 2.05) is 0 Å². The Bertz CT molecular complexity index is 610. The SMILES string of the molecule is CNCc1cc(S(=O)(=O)NCC2(C(C)C)CC2)ccc1Cl. The van der Waals surface area contributed by atoms with Gasteiger partial charge in [-0.05, 0) is 55.0 Å². The Morgan fingerprint density at radius 2 is 2.00 bits per heavy atom. The van der Waals surface area contributed by atoms with Crippen LogP contribution < -0.4 is 10.0 Å². The van der Waals surface area contributed by atoms with Crippen molar-refractivity contribution in [1.29, 1.82) is 0 Å². The van der Waals surface area contributed by atoms with Crippen LogP contribution in [-0.4, -0.2) is 22.0 Å². The summed E-state index contributed by atoms with van der Waals surface area (Å²) in [6, 6.07) is 4.83. The number of halogens is 1. The van der Waals surface area contributed by atoms with Crippen molar-refractivity contribution in [2.45, 2.75) is 38.1 Å². The van der Waals surface area contributed by atoms with Crippen LogP contribution in [0.15, 0.2) is 23.1 Å². The molecule has 0 saturated heterocycles. The Balaban J connectivity index is 2.14. The molecule has 1 fully saturated rings. The summed E-state index contributed by atoms with van der Waals surface area (Å²) < 4.78 is 27.6. The summed E-state index contributed by atoms with van der Waals surface area (Å²) in [5, 5.41) is 3.56. The van der Waals surface area contributed by atoms with Crippen LogP contribution in [0.4, 0.5) is 0 Å². The second-order valence-corrected chi connectivity index (χ2v) is 8.30.